The highest BCUT2D eigenvalue weighted by molar-refractivity contribution is 7.90. The van der Waals surface area contributed by atoms with E-state index in [9.17, 15) is 8.42 Å². The fourth-order valence-corrected chi connectivity index (χ4v) is 4.41. The van der Waals surface area contributed by atoms with Crippen molar-refractivity contribution in [3.8, 4) is 17.1 Å². The number of likely N-dealkylation sites (N-methyl/N-ethyl adjacent to an activating group) is 1. The Morgan fingerprint density at radius 2 is 1.87 bits per heavy atom. The van der Waals surface area contributed by atoms with Gasteiger partial charge in [0.25, 0.3) is 0 Å². The molecule has 31 heavy (non-hydrogen) atoms. The third-order valence-electron chi connectivity index (χ3n) is 5.57. The summed E-state index contributed by atoms with van der Waals surface area (Å²) in [7, 11) is 0.504. The number of nitrogens with one attached hydrogen (secondary N) is 1. The largest absolute Gasteiger partial charge is 0.497 e. The van der Waals surface area contributed by atoms with E-state index in [1.54, 1.807) is 19.2 Å². The van der Waals surface area contributed by atoms with Crippen LogP contribution in [0.15, 0.2) is 57.9 Å². The van der Waals surface area contributed by atoms with Crippen LogP contribution in [0.1, 0.15) is 23.9 Å². The summed E-state index contributed by atoms with van der Waals surface area (Å²) in [4.78, 5) is 7.15. The highest BCUT2D eigenvalue weighted by Crippen LogP contribution is 2.31. The second-order valence-corrected chi connectivity index (χ2v) is 9.89. The quantitative estimate of drug-likeness (QED) is 0.597. The van der Waals surface area contributed by atoms with Crippen molar-refractivity contribution < 1.29 is 17.7 Å². The van der Waals surface area contributed by atoms with Crippen molar-refractivity contribution in [2.75, 3.05) is 27.0 Å². The van der Waals surface area contributed by atoms with Crippen LogP contribution < -0.4 is 10.1 Å². The van der Waals surface area contributed by atoms with E-state index in [-0.39, 0.29) is 12.1 Å². The van der Waals surface area contributed by atoms with Gasteiger partial charge in [-0.1, -0.05) is 17.3 Å². The number of methoxy groups -OCH3 is 1. The van der Waals surface area contributed by atoms with Crippen molar-refractivity contribution in [1.82, 2.24) is 20.4 Å². The highest BCUT2D eigenvalue weighted by Gasteiger charge is 2.34. The lowest BCUT2D eigenvalue weighted by molar-refractivity contribution is 0.244. The topological polar surface area (TPSA) is 97.6 Å². The SMILES string of the molecule is COc1ccc(-c2noc(C3CC(NCc4ccc(S(C)(=O)=O)cc4)CN3C)n2)cc1. The second-order valence-electron chi connectivity index (χ2n) is 7.87. The first-order chi connectivity index (χ1) is 14.8. The second kappa shape index (κ2) is 8.78. The van der Waals surface area contributed by atoms with Crippen molar-refractivity contribution in [1.29, 1.82) is 0 Å². The average molecular weight is 443 g/mol. The van der Waals surface area contributed by atoms with E-state index in [1.807, 2.05) is 43.4 Å². The number of nitrogens with zero attached hydrogens (tertiary/aromatic N) is 3. The lowest BCUT2D eigenvalue weighted by Crippen LogP contribution is -2.30. The first kappa shape index (κ1) is 21.5. The van der Waals surface area contributed by atoms with Crippen LogP contribution in [0.25, 0.3) is 11.4 Å². The molecule has 1 fully saturated rings. The molecule has 1 aromatic heterocycles. The molecule has 1 N–H and O–H groups in total. The van der Waals surface area contributed by atoms with Crippen LogP contribution in [-0.4, -0.2) is 56.5 Å². The van der Waals surface area contributed by atoms with Crippen LogP contribution in [0.4, 0.5) is 0 Å². The van der Waals surface area contributed by atoms with Crippen LogP contribution in [0.5, 0.6) is 5.75 Å². The first-order valence-corrected chi connectivity index (χ1v) is 11.9. The van der Waals surface area contributed by atoms with Gasteiger partial charge in [0.2, 0.25) is 11.7 Å². The molecular weight excluding hydrogens is 416 g/mol. The maximum atomic E-state index is 11.6. The van der Waals surface area contributed by atoms with Crippen LogP contribution in [0.3, 0.4) is 0 Å². The van der Waals surface area contributed by atoms with E-state index in [1.165, 1.54) is 6.26 Å². The standard InChI is InChI=1S/C22H26N4O4S/c1-26-14-17(23-13-15-4-10-19(11-5-15)31(3,27)28)12-20(26)22-24-21(25-30-22)16-6-8-18(29-2)9-7-16/h4-11,17,20,23H,12-14H2,1-3H3. The molecule has 2 unspecified atom stereocenters. The van der Waals surface area contributed by atoms with Crippen molar-refractivity contribution in [3.05, 3.63) is 60.0 Å². The first-order valence-electron chi connectivity index (χ1n) is 10.0. The Labute approximate surface area is 182 Å². The van der Waals surface area contributed by atoms with Crippen molar-refractivity contribution in [3.63, 3.8) is 0 Å². The number of aromatic nitrogens is 2. The number of ether oxygens (including phenoxy) is 1. The van der Waals surface area contributed by atoms with Gasteiger partial charge in [0, 0.05) is 31.0 Å². The Balaban J connectivity index is 1.37. The molecule has 0 aliphatic carbocycles. The Morgan fingerprint density at radius 1 is 1.16 bits per heavy atom. The number of hydrogen-bond donors (Lipinski definition) is 1. The highest BCUT2D eigenvalue weighted by atomic mass is 32.2. The lowest BCUT2D eigenvalue weighted by atomic mass is 10.1. The number of hydrogen-bond acceptors (Lipinski definition) is 8. The molecule has 0 amide bonds. The molecule has 1 aliphatic rings. The van der Waals surface area contributed by atoms with Gasteiger partial charge in [-0.3, -0.25) is 4.90 Å². The van der Waals surface area contributed by atoms with E-state index in [0.717, 1.165) is 29.8 Å². The summed E-state index contributed by atoms with van der Waals surface area (Å²) in [5, 5.41) is 7.69. The fraction of sp³-hybridized carbons (Fsp3) is 0.364. The molecule has 2 aromatic carbocycles. The summed E-state index contributed by atoms with van der Waals surface area (Å²) in [6.07, 6.45) is 2.06. The number of benzene rings is 2. The fourth-order valence-electron chi connectivity index (χ4n) is 3.78. The molecule has 0 bridgehead atoms. The zero-order valence-corrected chi connectivity index (χ0v) is 18.6. The van der Waals surface area contributed by atoms with Gasteiger partial charge in [0.15, 0.2) is 9.84 Å². The smallest absolute Gasteiger partial charge is 0.244 e. The zero-order valence-electron chi connectivity index (χ0n) is 17.8. The minimum atomic E-state index is -3.17. The van der Waals surface area contributed by atoms with Gasteiger partial charge in [0.05, 0.1) is 18.0 Å². The summed E-state index contributed by atoms with van der Waals surface area (Å²) in [5.41, 5.74) is 1.92. The molecule has 3 aromatic rings. The van der Waals surface area contributed by atoms with E-state index in [2.05, 4.69) is 20.4 Å². The normalized spacial score (nSPS) is 19.6. The third kappa shape index (κ3) is 4.95. The molecule has 0 spiro atoms. The molecule has 0 radical (unpaired) electrons. The van der Waals surface area contributed by atoms with Crippen LogP contribution in [0, 0.1) is 0 Å². The minimum absolute atomic E-state index is 0.0459. The van der Waals surface area contributed by atoms with Crippen LogP contribution >= 0.6 is 0 Å². The predicted octanol–water partition coefficient (Wildman–Crippen LogP) is 2.68. The monoisotopic (exact) mass is 442 g/mol. The summed E-state index contributed by atoms with van der Waals surface area (Å²) < 4.78 is 33.9. The molecule has 2 atom stereocenters. The lowest BCUT2D eigenvalue weighted by Gasteiger charge is -2.14. The Hall–Kier alpha value is -2.75. The van der Waals surface area contributed by atoms with E-state index in [0.29, 0.717) is 23.2 Å². The summed E-state index contributed by atoms with van der Waals surface area (Å²) in [5.74, 6) is 1.95. The predicted molar refractivity (Wildman–Crippen MR) is 116 cm³/mol. The minimum Gasteiger partial charge on any atom is -0.497 e. The van der Waals surface area contributed by atoms with Gasteiger partial charge >= 0.3 is 0 Å². The molecule has 8 nitrogen and oxygen atoms in total. The Morgan fingerprint density at radius 3 is 2.52 bits per heavy atom. The average Bonchev–Trinajstić information content (AvgIpc) is 3.38. The number of likely N-dealkylation sites (tertiary alicyclic amines) is 1. The Bertz CT molecular complexity index is 1130. The van der Waals surface area contributed by atoms with Gasteiger partial charge in [-0.05, 0) is 55.4 Å². The maximum Gasteiger partial charge on any atom is 0.244 e. The summed E-state index contributed by atoms with van der Waals surface area (Å²) >= 11 is 0. The van der Waals surface area contributed by atoms with Gasteiger partial charge in [0.1, 0.15) is 5.75 Å². The van der Waals surface area contributed by atoms with Gasteiger partial charge in [-0.15, -0.1) is 0 Å². The Kier molecular flexibility index (Phi) is 6.08. The van der Waals surface area contributed by atoms with Gasteiger partial charge in [-0.2, -0.15) is 4.98 Å². The summed E-state index contributed by atoms with van der Waals surface area (Å²) in [6, 6.07) is 14.9. The number of sulfone groups is 1. The molecule has 1 saturated heterocycles. The zero-order chi connectivity index (χ0) is 22.0. The van der Waals surface area contributed by atoms with Crippen LogP contribution in [0.2, 0.25) is 0 Å². The molecule has 1 aliphatic heterocycles. The van der Waals surface area contributed by atoms with Gasteiger partial charge < -0.3 is 14.6 Å². The molecule has 0 saturated carbocycles. The summed E-state index contributed by atoms with van der Waals surface area (Å²) in [6.45, 7) is 1.52. The van der Waals surface area contributed by atoms with Gasteiger partial charge in [-0.25, -0.2) is 8.42 Å². The molecular formula is C22H26N4O4S. The maximum absolute atomic E-state index is 11.6. The molecule has 4 rings (SSSR count). The van der Waals surface area contributed by atoms with Crippen molar-refractivity contribution in [2.45, 2.75) is 29.9 Å². The van der Waals surface area contributed by atoms with E-state index >= 15 is 0 Å². The van der Waals surface area contributed by atoms with E-state index in [4.69, 9.17) is 9.26 Å². The third-order valence-corrected chi connectivity index (χ3v) is 6.70. The number of rotatable bonds is 7. The molecule has 9 heteroatoms. The van der Waals surface area contributed by atoms with Crippen molar-refractivity contribution in [2.24, 2.45) is 0 Å². The molecule has 164 valence electrons. The van der Waals surface area contributed by atoms with Crippen molar-refractivity contribution >= 4 is 9.84 Å². The molecule has 2 heterocycles. The van der Waals surface area contributed by atoms with E-state index < -0.39 is 9.84 Å². The van der Waals surface area contributed by atoms with Crippen LogP contribution in [-0.2, 0) is 16.4 Å².